The first-order valence-electron chi connectivity index (χ1n) is 8.27. The summed E-state index contributed by atoms with van der Waals surface area (Å²) in [6, 6.07) is 10.7. The number of ether oxygens (including phenoxy) is 1. The Morgan fingerprint density at radius 2 is 2.00 bits per heavy atom. The average molecular weight is 390 g/mol. The third-order valence-corrected chi connectivity index (χ3v) is 5.48. The highest BCUT2D eigenvalue weighted by molar-refractivity contribution is 7.92. The van der Waals surface area contributed by atoms with Gasteiger partial charge in [0.05, 0.1) is 16.9 Å². The summed E-state index contributed by atoms with van der Waals surface area (Å²) in [4.78, 5) is 22.9. The van der Waals surface area contributed by atoms with Crippen molar-refractivity contribution in [3.63, 3.8) is 0 Å². The minimum Gasteiger partial charge on any atom is -0.478 e. The van der Waals surface area contributed by atoms with Gasteiger partial charge in [0.1, 0.15) is 0 Å². The summed E-state index contributed by atoms with van der Waals surface area (Å²) >= 11 is 0. The number of sulfonamides is 1. The van der Waals surface area contributed by atoms with Gasteiger partial charge < -0.3 is 4.74 Å². The molecule has 27 heavy (non-hydrogen) atoms. The van der Waals surface area contributed by atoms with E-state index in [-0.39, 0.29) is 23.8 Å². The number of hydrogen-bond donors (Lipinski definition) is 0. The number of anilines is 1. The summed E-state index contributed by atoms with van der Waals surface area (Å²) in [5.74, 6) is -0.315. The topological polar surface area (TPSA) is 107 Å². The Hall–Kier alpha value is -2.94. The van der Waals surface area contributed by atoms with Crippen LogP contribution in [0.15, 0.2) is 42.5 Å². The molecule has 3 rings (SSSR count). The van der Waals surface area contributed by atoms with Crippen molar-refractivity contribution in [2.24, 2.45) is 0 Å². The number of nitro groups is 1. The number of ketones is 1. The molecule has 0 spiro atoms. The number of carbonyl (C=O) groups excluding carboxylic acids is 1. The molecular formula is C18H18N2O6S. The lowest BCUT2D eigenvalue weighted by Gasteiger charge is -2.29. The van der Waals surface area contributed by atoms with Crippen molar-refractivity contribution in [2.45, 2.75) is 12.8 Å². The molecule has 142 valence electrons. The van der Waals surface area contributed by atoms with Crippen molar-refractivity contribution in [1.29, 1.82) is 0 Å². The molecule has 1 aliphatic heterocycles. The zero-order chi connectivity index (χ0) is 19.6. The zero-order valence-electron chi connectivity index (χ0n) is 14.6. The van der Waals surface area contributed by atoms with E-state index in [9.17, 15) is 23.3 Å². The summed E-state index contributed by atoms with van der Waals surface area (Å²) in [7, 11) is -3.37. The smallest absolute Gasteiger partial charge is 0.310 e. The average Bonchev–Trinajstić information content (AvgIpc) is 2.64. The number of benzene rings is 2. The van der Waals surface area contributed by atoms with E-state index < -0.39 is 14.9 Å². The number of fused-ring (bicyclic) bond motifs is 1. The number of nitro benzene ring substituents is 1. The van der Waals surface area contributed by atoms with Crippen LogP contribution in [0.4, 0.5) is 11.4 Å². The lowest BCUT2D eigenvalue weighted by Crippen LogP contribution is -2.34. The Bertz CT molecular complexity index is 1000. The predicted octanol–water partition coefficient (Wildman–Crippen LogP) is 2.57. The zero-order valence-corrected chi connectivity index (χ0v) is 15.4. The van der Waals surface area contributed by atoms with Crippen molar-refractivity contribution in [3.8, 4) is 5.75 Å². The van der Waals surface area contributed by atoms with Gasteiger partial charge in [0, 0.05) is 18.2 Å². The number of aryl methyl sites for hydroxylation is 1. The minimum atomic E-state index is -3.37. The number of rotatable bonds is 6. The van der Waals surface area contributed by atoms with E-state index in [4.69, 9.17) is 4.74 Å². The fraction of sp³-hybridized carbons (Fsp3) is 0.278. The number of para-hydroxylation sites is 2. The molecule has 0 atom stereocenters. The first kappa shape index (κ1) is 18.8. The first-order valence-corrected chi connectivity index (χ1v) is 10.1. The van der Waals surface area contributed by atoms with Gasteiger partial charge in [-0.2, -0.15) is 0 Å². The van der Waals surface area contributed by atoms with Crippen LogP contribution in [0, 0.1) is 10.1 Å². The van der Waals surface area contributed by atoms with Gasteiger partial charge in [-0.3, -0.25) is 19.2 Å². The number of Topliss-reactive ketones (excluding diaryl/α,β-unsaturated/α-hetero) is 1. The molecule has 0 aliphatic carbocycles. The second-order valence-corrected chi connectivity index (χ2v) is 8.13. The highest BCUT2D eigenvalue weighted by Crippen LogP contribution is 2.30. The summed E-state index contributed by atoms with van der Waals surface area (Å²) in [5.41, 5.74) is 1.53. The Labute approximate surface area is 156 Å². The predicted molar refractivity (Wildman–Crippen MR) is 99.9 cm³/mol. The first-order chi connectivity index (χ1) is 12.8. The number of nitrogens with zero attached hydrogens (tertiary/aromatic N) is 2. The molecule has 2 aromatic carbocycles. The molecule has 2 aromatic rings. The molecule has 0 N–H and O–H groups in total. The van der Waals surface area contributed by atoms with Crippen LogP contribution in [0.25, 0.3) is 0 Å². The Kier molecular flexibility index (Phi) is 5.13. The molecule has 9 heteroatoms. The molecule has 0 aromatic heterocycles. The number of carbonyl (C=O) groups is 1. The van der Waals surface area contributed by atoms with Gasteiger partial charge in [-0.05, 0) is 42.7 Å². The maximum Gasteiger partial charge on any atom is 0.310 e. The van der Waals surface area contributed by atoms with Crippen LogP contribution in [0.3, 0.4) is 0 Å². The van der Waals surface area contributed by atoms with Crippen LogP contribution < -0.4 is 9.04 Å². The van der Waals surface area contributed by atoms with Gasteiger partial charge >= 0.3 is 5.69 Å². The molecule has 0 amide bonds. The maximum absolute atomic E-state index is 12.4. The lowest BCUT2D eigenvalue weighted by molar-refractivity contribution is -0.385. The summed E-state index contributed by atoms with van der Waals surface area (Å²) in [6.07, 6.45) is 2.50. The van der Waals surface area contributed by atoms with Crippen molar-refractivity contribution in [1.82, 2.24) is 0 Å². The van der Waals surface area contributed by atoms with Crippen LogP contribution in [0.5, 0.6) is 5.75 Å². The van der Waals surface area contributed by atoms with Crippen LogP contribution in [-0.2, 0) is 16.4 Å². The van der Waals surface area contributed by atoms with E-state index in [1.807, 2.05) is 0 Å². The van der Waals surface area contributed by atoms with E-state index in [1.165, 1.54) is 22.5 Å². The monoisotopic (exact) mass is 390 g/mol. The summed E-state index contributed by atoms with van der Waals surface area (Å²) < 4.78 is 30.5. The molecule has 0 saturated carbocycles. The fourth-order valence-electron chi connectivity index (χ4n) is 3.04. The Morgan fingerprint density at radius 3 is 2.70 bits per heavy atom. The Morgan fingerprint density at radius 1 is 1.26 bits per heavy atom. The molecule has 1 heterocycles. The number of hydrogen-bond acceptors (Lipinski definition) is 6. The normalized spacial score (nSPS) is 13.7. The Balaban J connectivity index is 1.78. The highest BCUT2D eigenvalue weighted by Gasteiger charge is 2.25. The van der Waals surface area contributed by atoms with Crippen LogP contribution >= 0.6 is 0 Å². The van der Waals surface area contributed by atoms with E-state index >= 15 is 0 Å². The summed E-state index contributed by atoms with van der Waals surface area (Å²) in [6.45, 7) is 0.0688. The molecule has 8 nitrogen and oxygen atoms in total. The van der Waals surface area contributed by atoms with Crippen molar-refractivity contribution < 1.29 is 22.9 Å². The standard InChI is InChI=1S/C18H18N2O6S/c1-27(24,25)19-10-4-5-13-11-14(8-9-15(13)19)17(21)12-26-18-7-3-2-6-16(18)20(22)23/h2-3,6-9,11H,4-5,10,12H2,1H3. The van der Waals surface area contributed by atoms with Crippen LogP contribution in [-0.4, -0.2) is 38.5 Å². The second-order valence-electron chi connectivity index (χ2n) is 6.22. The van der Waals surface area contributed by atoms with Gasteiger partial charge in [0.25, 0.3) is 0 Å². The molecule has 0 bridgehead atoms. The maximum atomic E-state index is 12.4. The van der Waals surface area contributed by atoms with Gasteiger partial charge in [0.15, 0.2) is 18.1 Å². The highest BCUT2D eigenvalue weighted by atomic mass is 32.2. The second kappa shape index (κ2) is 7.36. The quantitative estimate of drug-likeness (QED) is 0.426. The van der Waals surface area contributed by atoms with Crippen molar-refractivity contribution >= 4 is 27.2 Å². The largest absolute Gasteiger partial charge is 0.478 e. The van der Waals surface area contributed by atoms with E-state index in [0.29, 0.717) is 30.6 Å². The molecule has 1 aliphatic rings. The molecule has 0 radical (unpaired) electrons. The van der Waals surface area contributed by atoms with Crippen molar-refractivity contribution in [3.05, 3.63) is 63.7 Å². The molecular weight excluding hydrogens is 372 g/mol. The van der Waals surface area contributed by atoms with Gasteiger partial charge in [-0.15, -0.1) is 0 Å². The fourth-order valence-corrected chi connectivity index (χ4v) is 4.03. The van der Waals surface area contributed by atoms with Gasteiger partial charge in [-0.25, -0.2) is 8.42 Å². The van der Waals surface area contributed by atoms with E-state index in [1.54, 1.807) is 24.3 Å². The van der Waals surface area contributed by atoms with Gasteiger partial charge in [0.2, 0.25) is 10.0 Å². The SMILES string of the molecule is CS(=O)(=O)N1CCCc2cc(C(=O)COc3ccccc3[N+](=O)[O-])ccc21. The third-order valence-electron chi connectivity index (χ3n) is 4.30. The lowest BCUT2D eigenvalue weighted by atomic mass is 9.99. The van der Waals surface area contributed by atoms with Crippen LogP contribution in [0.1, 0.15) is 22.3 Å². The molecule has 0 saturated heterocycles. The molecule has 0 unspecified atom stereocenters. The van der Waals surface area contributed by atoms with Crippen LogP contribution in [0.2, 0.25) is 0 Å². The summed E-state index contributed by atoms with van der Waals surface area (Å²) in [5, 5.41) is 11.0. The molecule has 0 fully saturated rings. The minimum absolute atomic E-state index is 0.0251. The van der Waals surface area contributed by atoms with E-state index in [0.717, 1.165) is 11.8 Å². The van der Waals surface area contributed by atoms with Gasteiger partial charge in [-0.1, -0.05) is 12.1 Å². The van der Waals surface area contributed by atoms with Crippen molar-refractivity contribution in [2.75, 3.05) is 23.7 Å². The van der Waals surface area contributed by atoms with E-state index in [2.05, 4.69) is 0 Å². The third kappa shape index (κ3) is 4.08.